The summed E-state index contributed by atoms with van der Waals surface area (Å²) in [5.74, 6) is -0.744. The Bertz CT molecular complexity index is 933. The molecule has 1 aromatic carbocycles. The molecule has 7 nitrogen and oxygen atoms in total. The van der Waals surface area contributed by atoms with Gasteiger partial charge in [-0.1, -0.05) is 12.1 Å². The number of carbonyl (C=O) groups excluding carboxylic acids is 1. The van der Waals surface area contributed by atoms with Crippen molar-refractivity contribution in [2.24, 2.45) is 0 Å². The van der Waals surface area contributed by atoms with E-state index in [1.165, 1.54) is 4.68 Å². The van der Waals surface area contributed by atoms with E-state index in [9.17, 15) is 9.59 Å². The van der Waals surface area contributed by atoms with Gasteiger partial charge in [-0.2, -0.15) is 5.10 Å². The fourth-order valence-corrected chi connectivity index (χ4v) is 2.20. The number of carbonyl (C=O) groups is 1. The van der Waals surface area contributed by atoms with Gasteiger partial charge in [0.15, 0.2) is 11.2 Å². The average molecular weight is 298 g/mol. The Morgan fingerprint density at radius 2 is 1.86 bits per heavy atom. The minimum absolute atomic E-state index is 0.124. The Morgan fingerprint density at radius 3 is 2.50 bits per heavy atom. The first kappa shape index (κ1) is 14.1. The number of hydrogen-bond donors (Lipinski definition) is 0. The van der Waals surface area contributed by atoms with Crippen molar-refractivity contribution in [1.82, 2.24) is 19.7 Å². The molecule has 2 heterocycles. The fraction of sp³-hybridized carbons (Fsp3) is 0.267. The standard InChI is InChI=1S/C15H14N4O3/c1-3-19-14-11(13(20)12(18-19)15(21)22-4-2)16-9-7-5-6-8-10(9)17-14/h5-8H,3-4H2,1-2H3. The Balaban J connectivity index is 2.38. The molecule has 0 aliphatic rings. The SMILES string of the molecule is CCOC(=O)c1nn(CC)c2nc3ccccc3nc2c1=O. The van der Waals surface area contributed by atoms with Crippen LogP contribution in [-0.4, -0.2) is 32.3 Å². The summed E-state index contributed by atoms with van der Waals surface area (Å²) in [4.78, 5) is 33.2. The van der Waals surface area contributed by atoms with Crippen LogP contribution < -0.4 is 5.43 Å². The molecule has 0 radical (unpaired) electrons. The topological polar surface area (TPSA) is 87.0 Å². The lowest BCUT2D eigenvalue weighted by Crippen LogP contribution is -2.25. The summed E-state index contributed by atoms with van der Waals surface area (Å²) in [6.45, 7) is 4.15. The highest BCUT2D eigenvalue weighted by molar-refractivity contribution is 5.91. The first-order valence-electron chi connectivity index (χ1n) is 7.00. The second-order valence-electron chi connectivity index (χ2n) is 4.60. The molecule has 0 saturated carbocycles. The normalized spacial score (nSPS) is 11.0. The fourth-order valence-electron chi connectivity index (χ4n) is 2.20. The van der Waals surface area contributed by atoms with Crippen molar-refractivity contribution >= 4 is 28.2 Å². The van der Waals surface area contributed by atoms with Gasteiger partial charge in [0, 0.05) is 6.54 Å². The van der Waals surface area contributed by atoms with Crippen molar-refractivity contribution < 1.29 is 9.53 Å². The molecule has 22 heavy (non-hydrogen) atoms. The molecular weight excluding hydrogens is 284 g/mol. The zero-order chi connectivity index (χ0) is 15.7. The third kappa shape index (κ3) is 2.20. The number of rotatable bonds is 3. The summed E-state index contributed by atoms with van der Waals surface area (Å²) in [6, 6.07) is 7.24. The van der Waals surface area contributed by atoms with Gasteiger partial charge >= 0.3 is 5.97 Å². The van der Waals surface area contributed by atoms with E-state index in [-0.39, 0.29) is 17.8 Å². The van der Waals surface area contributed by atoms with Crippen molar-refractivity contribution in [2.45, 2.75) is 20.4 Å². The van der Waals surface area contributed by atoms with E-state index >= 15 is 0 Å². The van der Waals surface area contributed by atoms with E-state index in [0.717, 1.165) is 0 Å². The van der Waals surface area contributed by atoms with Crippen LogP contribution in [0, 0.1) is 0 Å². The van der Waals surface area contributed by atoms with Gasteiger partial charge in [0.1, 0.15) is 0 Å². The smallest absolute Gasteiger partial charge is 0.362 e. The quantitative estimate of drug-likeness (QED) is 0.538. The maximum atomic E-state index is 12.5. The molecular formula is C15H14N4O3. The van der Waals surface area contributed by atoms with Crippen molar-refractivity contribution in [3.05, 3.63) is 40.2 Å². The Hall–Kier alpha value is -2.83. The van der Waals surface area contributed by atoms with Crippen LogP contribution in [-0.2, 0) is 11.3 Å². The number of ether oxygens (including phenoxy) is 1. The lowest BCUT2D eigenvalue weighted by molar-refractivity contribution is 0.0515. The van der Waals surface area contributed by atoms with E-state index in [1.807, 2.05) is 25.1 Å². The van der Waals surface area contributed by atoms with Gasteiger partial charge in [-0.25, -0.2) is 19.4 Å². The van der Waals surface area contributed by atoms with Crippen molar-refractivity contribution in [2.75, 3.05) is 6.61 Å². The molecule has 0 bridgehead atoms. The predicted octanol–water partition coefficient (Wildman–Crippen LogP) is 1.54. The molecule has 0 spiro atoms. The number of aryl methyl sites for hydroxylation is 1. The van der Waals surface area contributed by atoms with E-state index in [1.54, 1.807) is 13.0 Å². The number of nitrogens with zero attached hydrogens (tertiary/aromatic N) is 4. The number of aromatic nitrogens is 4. The summed E-state index contributed by atoms with van der Waals surface area (Å²) >= 11 is 0. The Labute approximate surface area is 125 Å². The molecule has 0 saturated heterocycles. The highest BCUT2D eigenvalue weighted by Gasteiger charge is 2.20. The van der Waals surface area contributed by atoms with Crippen LogP contribution in [0.5, 0.6) is 0 Å². The first-order chi connectivity index (χ1) is 10.7. The van der Waals surface area contributed by atoms with Gasteiger partial charge in [0.25, 0.3) is 0 Å². The van der Waals surface area contributed by atoms with Crippen LogP contribution in [0.3, 0.4) is 0 Å². The highest BCUT2D eigenvalue weighted by Crippen LogP contribution is 2.13. The van der Waals surface area contributed by atoms with E-state index in [2.05, 4.69) is 15.1 Å². The van der Waals surface area contributed by atoms with Crippen LogP contribution in [0.1, 0.15) is 24.3 Å². The maximum absolute atomic E-state index is 12.5. The molecule has 0 aliphatic carbocycles. The molecule has 112 valence electrons. The lowest BCUT2D eigenvalue weighted by Gasteiger charge is -2.09. The van der Waals surface area contributed by atoms with Crippen LogP contribution in [0.4, 0.5) is 0 Å². The highest BCUT2D eigenvalue weighted by atomic mass is 16.5. The lowest BCUT2D eigenvalue weighted by atomic mass is 10.2. The third-order valence-corrected chi connectivity index (χ3v) is 3.22. The van der Waals surface area contributed by atoms with Gasteiger partial charge in [0.05, 0.1) is 17.6 Å². The number of benzene rings is 1. The van der Waals surface area contributed by atoms with Crippen LogP contribution in [0.2, 0.25) is 0 Å². The van der Waals surface area contributed by atoms with Gasteiger partial charge in [-0.15, -0.1) is 0 Å². The predicted molar refractivity (Wildman–Crippen MR) is 80.7 cm³/mol. The summed E-state index contributed by atoms with van der Waals surface area (Å²) in [5, 5.41) is 4.07. The first-order valence-corrected chi connectivity index (χ1v) is 7.00. The molecule has 0 atom stereocenters. The second-order valence-corrected chi connectivity index (χ2v) is 4.60. The van der Waals surface area contributed by atoms with Crippen molar-refractivity contribution in [3.63, 3.8) is 0 Å². The van der Waals surface area contributed by atoms with E-state index < -0.39 is 11.4 Å². The van der Waals surface area contributed by atoms with E-state index in [4.69, 9.17) is 4.74 Å². The number of fused-ring (bicyclic) bond motifs is 2. The number of hydrogen-bond acceptors (Lipinski definition) is 6. The summed E-state index contributed by atoms with van der Waals surface area (Å²) in [5.41, 5.74) is 0.924. The van der Waals surface area contributed by atoms with E-state index in [0.29, 0.717) is 23.2 Å². The number of esters is 1. The summed E-state index contributed by atoms with van der Waals surface area (Å²) in [6.07, 6.45) is 0. The summed E-state index contributed by atoms with van der Waals surface area (Å²) in [7, 11) is 0. The molecule has 0 unspecified atom stereocenters. The molecule has 7 heteroatoms. The van der Waals surface area contributed by atoms with Crippen LogP contribution >= 0.6 is 0 Å². The molecule has 0 aliphatic heterocycles. The second kappa shape index (κ2) is 5.51. The monoisotopic (exact) mass is 298 g/mol. The maximum Gasteiger partial charge on any atom is 0.362 e. The largest absolute Gasteiger partial charge is 0.461 e. The molecule has 0 amide bonds. The minimum atomic E-state index is -0.744. The van der Waals surface area contributed by atoms with Gasteiger partial charge in [-0.3, -0.25) is 4.79 Å². The Kier molecular flexibility index (Phi) is 3.54. The number of para-hydroxylation sites is 2. The van der Waals surface area contributed by atoms with Crippen LogP contribution in [0.15, 0.2) is 29.1 Å². The van der Waals surface area contributed by atoms with Crippen molar-refractivity contribution in [3.8, 4) is 0 Å². The van der Waals surface area contributed by atoms with Gasteiger partial charge in [0.2, 0.25) is 11.1 Å². The van der Waals surface area contributed by atoms with Gasteiger partial charge in [-0.05, 0) is 26.0 Å². The molecule has 3 rings (SSSR count). The zero-order valence-corrected chi connectivity index (χ0v) is 12.2. The average Bonchev–Trinajstić information content (AvgIpc) is 2.54. The molecule has 0 N–H and O–H groups in total. The van der Waals surface area contributed by atoms with Gasteiger partial charge < -0.3 is 4.74 Å². The summed E-state index contributed by atoms with van der Waals surface area (Å²) < 4.78 is 6.37. The molecule has 3 aromatic rings. The minimum Gasteiger partial charge on any atom is -0.461 e. The zero-order valence-electron chi connectivity index (χ0n) is 12.2. The molecule has 2 aromatic heterocycles. The van der Waals surface area contributed by atoms with Crippen LogP contribution in [0.25, 0.3) is 22.2 Å². The Morgan fingerprint density at radius 1 is 1.18 bits per heavy atom. The third-order valence-electron chi connectivity index (χ3n) is 3.22. The molecule has 0 fully saturated rings. The van der Waals surface area contributed by atoms with Crippen molar-refractivity contribution in [1.29, 1.82) is 0 Å².